The van der Waals surface area contributed by atoms with Gasteiger partial charge in [0.2, 0.25) is 0 Å². The minimum absolute atomic E-state index is 0. The van der Waals surface area contributed by atoms with E-state index in [0.29, 0.717) is 0 Å². The second-order valence-corrected chi connectivity index (χ2v) is 0.183. The van der Waals surface area contributed by atoms with Crippen LogP contribution in [-0.2, 0) is 31.1 Å². The van der Waals surface area contributed by atoms with Crippen LogP contribution < -0.4 is 0 Å². The van der Waals surface area contributed by atoms with Gasteiger partial charge in [0.1, 0.15) is 0 Å². The first kappa shape index (κ1) is 17.0. The van der Waals surface area contributed by atoms with Crippen molar-refractivity contribution in [2.75, 3.05) is 7.11 Å². The van der Waals surface area contributed by atoms with Gasteiger partial charge in [0, 0.05) is 26.2 Å². The summed E-state index contributed by atoms with van der Waals surface area (Å²) in [4.78, 5) is 3.25. The maximum absolute atomic E-state index is 7.07. The second-order valence-electron chi connectivity index (χ2n) is 0.183. The maximum atomic E-state index is 7.07. The molecule has 0 aliphatic carbocycles. The first-order valence-electron chi connectivity index (χ1n) is 0.591. The van der Waals surface area contributed by atoms with Gasteiger partial charge in [-0.2, -0.15) is 0 Å². The van der Waals surface area contributed by atoms with Crippen LogP contribution in [0.2, 0.25) is 0 Å². The molecule has 0 heterocycles. The molecule has 5 heavy (non-hydrogen) atoms. The number of hydrogen-bond acceptors (Lipinski definition) is 2. The van der Waals surface area contributed by atoms with Crippen molar-refractivity contribution in [3.05, 3.63) is 7.43 Å². The summed E-state index contributed by atoms with van der Waals surface area (Å²) in [7, 11) is 1.18. The maximum Gasteiger partial charge on any atom is 0.0710 e. The van der Waals surface area contributed by atoms with Crippen LogP contribution in [0, 0.1) is 7.43 Å². The zero-order valence-electron chi connectivity index (χ0n) is 3.36. The van der Waals surface area contributed by atoms with Gasteiger partial charge in [-0.25, -0.2) is 4.89 Å². The molecule has 0 aromatic heterocycles. The Labute approximate surface area is 51.2 Å². The van der Waals surface area contributed by atoms with Gasteiger partial charge in [-0.05, 0) is 0 Å². The smallest absolute Gasteiger partial charge is 0.0710 e. The van der Waals surface area contributed by atoms with E-state index >= 15 is 0 Å². The van der Waals surface area contributed by atoms with E-state index in [1.54, 1.807) is 0 Å². The van der Waals surface area contributed by atoms with E-state index in [9.17, 15) is 0 Å². The molecule has 0 amide bonds. The summed E-state index contributed by atoms with van der Waals surface area (Å²) >= 11 is 0. The fourth-order valence-electron chi connectivity index (χ4n) is 0. The molecule has 0 aromatic carbocycles. The van der Waals surface area contributed by atoms with Crippen molar-refractivity contribution < 1.29 is 36.3 Å². The minimum Gasteiger partial charge on any atom is -0.358 e. The average molecular weight is 154 g/mol. The van der Waals surface area contributed by atoms with Gasteiger partial charge < -0.3 is 7.43 Å². The van der Waals surface area contributed by atoms with E-state index in [4.69, 9.17) is 5.26 Å². The van der Waals surface area contributed by atoms with Gasteiger partial charge in [-0.1, -0.05) is 0 Å². The van der Waals surface area contributed by atoms with Crippen LogP contribution in [0.15, 0.2) is 0 Å². The SMILES string of the molecule is COO.[CH3-].[Zr]. The minimum atomic E-state index is 0. The summed E-state index contributed by atoms with van der Waals surface area (Å²) < 4.78 is 0. The topological polar surface area (TPSA) is 29.5 Å². The first-order valence-corrected chi connectivity index (χ1v) is 0.591. The molecule has 0 atom stereocenters. The van der Waals surface area contributed by atoms with Crippen molar-refractivity contribution in [3.8, 4) is 0 Å². The molecular formula is C2H7O2Zr-. The Morgan fingerprint density at radius 2 is 1.60 bits per heavy atom. The van der Waals surface area contributed by atoms with Gasteiger partial charge in [0.05, 0.1) is 7.11 Å². The molecule has 0 spiro atoms. The number of hydrogen-bond donors (Lipinski definition) is 1. The molecule has 2 nitrogen and oxygen atoms in total. The molecule has 1 N–H and O–H groups in total. The van der Waals surface area contributed by atoms with Crippen molar-refractivity contribution in [3.63, 3.8) is 0 Å². The van der Waals surface area contributed by atoms with Crippen molar-refractivity contribution in [2.24, 2.45) is 0 Å². The molecule has 0 aliphatic rings. The molecule has 0 fully saturated rings. The molecule has 0 unspecified atom stereocenters. The van der Waals surface area contributed by atoms with Crippen molar-refractivity contribution in [1.82, 2.24) is 0 Å². The molecule has 32 valence electrons. The zero-order chi connectivity index (χ0) is 2.71. The Balaban J connectivity index is -0.0000000200. The zero-order valence-corrected chi connectivity index (χ0v) is 5.81. The Hall–Kier alpha value is 0.803. The number of rotatable bonds is 0. The molecule has 0 saturated heterocycles. The Morgan fingerprint density at radius 3 is 1.60 bits per heavy atom. The van der Waals surface area contributed by atoms with Gasteiger partial charge in [-0.3, -0.25) is 5.26 Å². The monoisotopic (exact) mass is 153 g/mol. The summed E-state index contributed by atoms with van der Waals surface area (Å²) in [6.45, 7) is 0. The Morgan fingerprint density at radius 1 is 1.60 bits per heavy atom. The normalized spacial score (nSPS) is 3.60. The fourth-order valence-corrected chi connectivity index (χ4v) is 0. The van der Waals surface area contributed by atoms with E-state index in [-0.39, 0.29) is 33.6 Å². The van der Waals surface area contributed by atoms with Crippen LogP contribution in [0.5, 0.6) is 0 Å². The molecule has 0 radical (unpaired) electrons. The van der Waals surface area contributed by atoms with Gasteiger partial charge in [-0.15, -0.1) is 0 Å². The van der Waals surface area contributed by atoms with Crippen LogP contribution in [0.4, 0.5) is 0 Å². The molecular weight excluding hydrogens is 147 g/mol. The molecule has 0 aliphatic heterocycles. The quantitative estimate of drug-likeness (QED) is 0.314. The van der Waals surface area contributed by atoms with Crippen LogP contribution in [0.25, 0.3) is 0 Å². The van der Waals surface area contributed by atoms with E-state index in [2.05, 4.69) is 4.89 Å². The van der Waals surface area contributed by atoms with Crippen molar-refractivity contribution in [2.45, 2.75) is 0 Å². The van der Waals surface area contributed by atoms with Gasteiger partial charge in [0.15, 0.2) is 0 Å². The third kappa shape index (κ3) is 58.5. The van der Waals surface area contributed by atoms with Crippen LogP contribution in [0.3, 0.4) is 0 Å². The van der Waals surface area contributed by atoms with Gasteiger partial charge >= 0.3 is 0 Å². The summed E-state index contributed by atoms with van der Waals surface area (Å²) in [6, 6.07) is 0. The van der Waals surface area contributed by atoms with Crippen LogP contribution in [0.1, 0.15) is 0 Å². The van der Waals surface area contributed by atoms with Crippen molar-refractivity contribution in [1.29, 1.82) is 0 Å². The largest absolute Gasteiger partial charge is 0.358 e. The third-order valence-corrected chi connectivity index (χ3v) is 0. The average Bonchev–Trinajstić information content (AvgIpc) is 0.918. The van der Waals surface area contributed by atoms with E-state index < -0.39 is 0 Å². The van der Waals surface area contributed by atoms with Crippen molar-refractivity contribution >= 4 is 0 Å². The van der Waals surface area contributed by atoms with Crippen LogP contribution >= 0.6 is 0 Å². The predicted octanol–water partition coefficient (Wildman–Crippen LogP) is 0.554. The molecule has 0 bridgehead atoms. The van der Waals surface area contributed by atoms with Crippen LogP contribution in [-0.4, -0.2) is 12.4 Å². The molecule has 3 heteroatoms. The van der Waals surface area contributed by atoms with Gasteiger partial charge in [0.25, 0.3) is 0 Å². The molecule has 0 saturated carbocycles. The standard InChI is InChI=1S/CH4O2.CH3.Zr/c1-3-2;;/h2H,1H3;1H3;/q;-1;. The fraction of sp³-hybridized carbons (Fsp3) is 0.500. The Bertz CT molecular complexity index is 7.61. The summed E-state index contributed by atoms with van der Waals surface area (Å²) in [6.07, 6.45) is 0. The summed E-state index contributed by atoms with van der Waals surface area (Å²) in [5.74, 6) is 0. The Kier molecular flexibility index (Phi) is 72.8. The van der Waals surface area contributed by atoms with E-state index in [0.717, 1.165) is 0 Å². The third-order valence-electron chi connectivity index (χ3n) is 0. The second kappa shape index (κ2) is 21.4. The van der Waals surface area contributed by atoms with E-state index in [1.165, 1.54) is 7.11 Å². The molecule has 0 rings (SSSR count). The summed E-state index contributed by atoms with van der Waals surface area (Å²) in [5.41, 5.74) is 0. The molecule has 0 aromatic rings. The first-order chi connectivity index (χ1) is 1.41. The van der Waals surface area contributed by atoms with E-state index in [1.807, 2.05) is 0 Å². The summed E-state index contributed by atoms with van der Waals surface area (Å²) in [5, 5.41) is 7.07. The predicted molar refractivity (Wildman–Crippen MR) is 16.1 cm³/mol.